The first-order valence-corrected chi connectivity index (χ1v) is 9.69. The smallest absolute Gasteiger partial charge is 0.261 e. The van der Waals surface area contributed by atoms with Crippen molar-refractivity contribution in [2.24, 2.45) is 0 Å². The van der Waals surface area contributed by atoms with Gasteiger partial charge >= 0.3 is 0 Å². The number of nitrogens with zero attached hydrogens (tertiary/aromatic N) is 3. The van der Waals surface area contributed by atoms with E-state index in [2.05, 4.69) is 25.5 Å². The average molecular weight is 380 g/mol. The Balaban J connectivity index is 1.51. The van der Waals surface area contributed by atoms with E-state index in [-0.39, 0.29) is 5.91 Å². The molecule has 0 spiro atoms. The maximum atomic E-state index is 12.0. The highest BCUT2D eigenvalue weighted by Crippen LogP contribution is 2.21. The van der Waals surface area contributed by atoms with Crippen molar-refractivity contribution >= 4 is 40.5 Å². The van der Waals surface area contributed by atoms with Gasteiger partial charge in [-0.3, -0.25) is 4.79 Å². The van der Waals surface area contributed by atoms with Crippen molar-refractivity contribution in [2.75, 3.05) is 36.4 Å². The summed E-state index contributed by atoms with van der Waals surface area (Å²) in [7, 11) is 0. The van der Waals surface area contributed by atoms with Gasteiger partial charge in [0.15, 0.2) is 0 Å². The Kier molecular flexibility index (Phi) is 6.09. The van der Waals surface area contributed by atoms with Crippen molar-refractivity contribution in [2.45, 2.75) is 26.2 Å². The normalized spacial score (nSPS) is 14.4. The van der Waals surface area contributed by atoms with Crippen molar-refractivity contribution in [3.8, 4) is 0 Å². The number of hydrogen-bond donors (Lipinski definition) is 2. The van der Waals surface area contributed by atoms with Crippen molar-refractivity contribution in [1.82, 2.24) is 15.3 Å². The third kappa shape index (κ3) is 5.06. The molecule has 2 aromatic heterocycles. The summed E-state index contributed by atoms with van der Waals surface area (Å²) >= 11 is 7.12. The zero-order valence-electron chi connectivity index (χ0n) is 14.2. The van der Waals surface area contributed by atoms with Crippen LogP contribution in [0.25, 0.3) is 0 Å². The van der Waals surface area contributed by atoms with E-state index in [9.17, 15) is 4.79 Å². The van der Waals surface area contributed by atoms with Gasteiger partial charge in [-0.2, -0.15) is 0 Å². The fraction of sp³-hybridized carbons (Fsp3) is 0.471. The molecule has 25 heavy (non-hydrogen) atoms. The van der Waals surface area contributed by atoms with Crippen LogP contribution in [0.2, 0.25) is 4.34 Å². The number of nitrogens with one attached hydrogen (secondary N) is 2. The quantitative estimate of drug-likeness (QED) is 0.753. The summed E-state index contributed by atoms with van der Waals surface area (Å²) in [5, 5.41) is 6.13. The molecule has 1 amide bonds. The molecule has 0 aromatic carbocycles. The van der Waals surface area contributed by atoms with E-state index in [1.807, 2.05) is 13.0 Å². The lowest BCUT2D eigenvalue weighted by Gasteiger charge is -2.28. The number of anilines is 2. The lowest BCUT2D eigenvalue weighted by atomic mass is 10.1. The van der Waals surface area contributed by atoms with Gasteiger partial charge in [-0.25, -0.2) is 9.97 Å². The van der Waals surface area contributed by atoms with Gasteiger partial charge in [0.05, 0.1) is 9.21 Å². The van der Waals surface area contributed by atoms with Crippen LogP contribution >= 0.6 is 22.9 Å². The summed E-state index contributed by atoms with van der Waals surface area (Å²) in [5.41, 5.74) is 0. The maximum absolute atomic E-state index is 12.0. The number of hydrogen-bond acceptors (Lipinski definition) is 6. The van der Waals surface area contributed by atoms with Crippen molar-refractivity contribution in [1.29, 1.82) is 0 Å². The number of amides is 1. The summed E-state index contributed by atoms with van der Waals surface area (Å²) in [6, 6.07) is 5.44. The molecule has 2 aromatic rings. The highest BCUT2D eigenvalue weighted by Gasteiger charge is 2.14. The van der Waals surface area contributed by atoms with Crippen LogP contribution in [0.15, 0.2) is 18.2 Å². The summed E-state index contributed by atoms with van der Waals surface area (Å²) < 4.78 is 0.616. The largest absolute Gasteiger partial charge is 0.368 e. The molecule has 3 rings (SSSR count). The molecule has 0 radical (unpaired) electrons. The summed E-state index contributed by atoms with van der Waals surface area (Å²) in [6.45, 7) is 5.11. The van der Waals surface area contributed by atoms with E-state index in [0.717, 1.165) is 30.5 Å². The molecular weight excluding hydrogens is 358 g/mol. The standard InChI is InChI=1S/C17H22ClN5OS/c1-12-21-15(11-16(22-12)23-9-3-2-4-10-23)19-7-8-20-17(24)13-5-6-14(18)25-13/h5-6,11H,2-4,7-10H2,1H3,(H,20,24)(H,19,21,22). The van der Waals surface area contributed by atoms with Gasteiger partial charge < -0.3 is 15.5 Å². The molecule has 1 aliphatic rings. The SMILES string of the molecule is Cc1nc(NCCNC(=O)c2ccc(Cl)s2)cc(N2CCCCC2)n1. The van der Waals surface area contributed by atoms with Gasteiger partial charge in [0, 0.05) is 32.2 Å². The van der Waals surface area contributed by atoms with Crippen molar-refractivity contribution in [3.63, 3.8) is 0 Å². The van der Waals surface area contributed by atoms with E-state index in [4.69, 9.17) is 11.6 Å². The van der Waals surface area contributed by atoms with Gasteiger partial charge in [0.1, 0.15) is 17.5 Å². The number of carbonyl (C=O) groups is 1. The Morgan fingerprint density at radius 3 is 2.76 bits per heavy atom. The van der Waals surface area contributed by atoms with Crippen LogP contribution in [0.1, 0.15) is 34.8 Å². The monoisotopic (exact) mass is 379 g/mol. The molecule has 134 valence electrons. The first-order chi connectivity index (χ1) is 12.1. The van der Waals surface area contributed by atoms with Crippen LogP contribution < -0.4 is 15.5 Å². The maximum Gasteiger partial charge on any atom is 0.261 e. The third-order valence-corrected chi connectivity index (χ3v) is 5.25. The lowest BCUT2D eigenvalue weighted by Crippen LogP contribution is -2.31. The molecule has 0 atom stereocenters. The molecule has 6 nitrogen and oxygen atoms in total. The lowest BCUT2D eigenvalue weighted by molar-refractivity contribution is 0.0959. The molecule has 8 heteroatoms. The van der Waals surface area contributed by atoms with Crippen LogP contribution in [-0.2, 0) is 0 Å². The fourth-order valence-corrected chi connectivity index (χ4v) is 3.78. The Morgan fingerprint density at radius 2 is 2.04 bits per heavy atom. The molecule has 1 saturated heterocycles. The first-order valence-electron chi connectivity index (χ1n) is 8.50. The number of aryl methyl sites for hydroxylation is 1. The molecule has 3 heterocycles. The first kappa shape index (κ1) is 17.9. The molecule has 2 N–H and O–H groups in total. The Bertz CT molecular complexity index is 730. The minimum Gasteiger partial charge on any atom is -0.368 e. The van der Waals surface area contributed by atoms with E-state index in [1.54, 1.807) is 12.1 Å². The predicted molar refractivity (Wildman–Crippen MR) is 103 cm³/mol. The number of rotatable bonds is 6. The van der Waals surface area contributed by atoms with E-state index in [1.165, 1.54) is 30.6 Å². The second kappa shape index (κ2) is 8.49. The van der Waals surface area contributed by atoms with Gasteiger partial charge in [-0.15, -0.1) is 11.3 Å². The van der Waals surface area contributed by atoms with E-state index in [0.29, 0.717) is 22.3 Å². The fourth-order valence-electron chi connectivity index (χ4n) is 2.82. The summed E-state index contributed by atoms with van der Waals surface area (Å²) in [6.07, 6.45) is 3.72. The van der Waals surface area contributed by atoms with Crippen molar-refractivity contribution in [3.05, 3.63) is 33.2 Å². The highest BCUT2D eigenvalue weighted by molar-refractivity contribution is 7.17. The van der Waals surface area contributed by atoms with E-state index < -0.39 is 0 Å². The molecular formula is C17H22ClN5OS. The molecule has 1 aliphatic heterocycles. The van der Waals surface area contributed by atoms with Crippen LogP contribution in [0, 0.1) is 6.92 Å². The van der Waals surface area contributed by atoms with Gasteiger partial charge in [-0.05, 0) is 38.3 Å². The number of thiophene rings is 1. The number of aromatic nitrogens is 2. The third-order valence-electron chi connectivity index (χ3n) is 4.02. The Morgan fingerprint density at radius 1 is 1.24 bits per heavy atom. The van der Waals surface area contributed by atoms with Crippen LogP contribution in [0.4, 0.5) is 11.6 Å². The Hall–Kier alpha value is -1.86. The molecule has 0 aliphatic carbocycles. The summed E-state index contributed by atoms with van der Waals surface area (Å²) in [5.74, 6) is 2.42. The predicted octanol–water partition coefficient (Wildman–Crippen LogP) is 3.33. The molecule has 0 unspecified atom stereocenters. The minimum atomic E-state index is -0.105. The van der Waals surface area contributed by atoms with Crippen molar-refractivity contribution < 1.29 is 4.79 Å². The zero-order valence-corrected chi connectivity index (χ0v) is 15.8. The Labute approximate surface area is 156 Å². The van der Waals surface area contributed by atoms with Crippen LogP contribution in [0.3, 0.4) is 0 Å². The highest BCUT2D eigenvalue weighted by atomic mass is 35.5. The van der Waals surface area contributed by atoms with Gasteiger partial charge in [0.25, 0.3) is 5.91 Å². The second-order valence-corrected chi connectivity index (χ2v) is 7.71. The zero-order chi connectivity index (χ0) is 17.6. The van der Waals surface area contributed by atoms with E-state index >= 15 is 0 Å². The topological polar surface area (TPSA) is 70.2 Å². The second-order valence-electron chi connectivity index (χ2n) is 5.99. The van der Waals surface area contributed by atoms with Crippen LogP contribution in [0.5, 0.6) is 0 Å². The van der Waals surface area contributed by atoms with Crippen LogP contribution in [-0.4, -0.2) is 42.1 Å². The van der Waals surface area contributed by atoms with Gasteiger partial charge in [0.2, 0.25) is 0 Å². The number of carbonyl (C=O) groups excluding carboxylic acids is 1. The molecule has 1 fully saturated rings. The minimum absolute atomic E-state index is 0.105. The summed E-state index contributed by atoms with van der Waals surface area (Å²) in [4.78, 5) is 23.9. The molecule has 0 bridgehead atoms. The average Bonchev–Trinajstić information content (AvgIpc) is 3.05. The number of piperidine rings is 1. The van der Waals surface area contributed by atoms with Gasteiger partial charge in [-0.1, -0.05) is 11.6 Å². The number of halogens is 1. The molecule has 0 saturated carbocycles.